The maximum atomic E-state index is 11.3. The highest BCUT2D eigenvalue weighted by atomic mass is 16.5. The van der Waals surface area contributed by atoms with Crippen LogP contribution in [0.4, 0.5) is 0 Å². The topological polar surface area (TPSA) is 43.4 Å². The van der Waals surface area contributed by atoms with Crippen LogP contribution in [0.5, 0.6) is 0 Å². The standard InChI is InChI=1S/C18H24O3/c1-15(14-17-10-6-5-7-11-17)18(21-16(2)20)12-8-3-4-9-13-19/h4-7,9-11,13,15,18H,3,8,12,14H2,1-2H3/t15-,18-/m1/s1. The molecule has 3 heteroatoms. The summed E-state index contributed by atoms with van der Waals surface area (Å²) in [4.78, 5) is 21.5. The molecular formula is C18H24O3. The number of carbonyl (C=O) groups is 2. The first-order valence-corrected chi connectivity index (χ1v) is 7.45. The van der Waals surface area contributed by atoms with Gasteiger partial charge in [0, 0.05) is 6.92 Å². The van der Waals surface area contributed by atoms with E-state index in [2.05, 4.69) is 19.1 Å². The van der Waals surface area contributed by atoms with Crippen LogP contribution in [0.3, 0.4) is 0 Å². The Morgan fingerprint density at radius 2 is 2.00 bits per heavy atom. The lowest BCUT2D eigenvalue weighted by molar-refractivity contribution is -0.149. The van der Waals surface area contributed by atoms with Crippen molar-refractivity contribution in [3.05, 3.63) is 48.0 Å². The van der Waals surface area contributed by atoms with Gasteiger partial charge in [0.2, 0.25) is 0 Å². The molecule has 0 saturated heterocycles. The summed E-state index contributed by atoms with van der Waals surface area (Å²) >= 11 is 0. The van der Waals surface area contributed by atoms with Gasteiger partial charge in [-0.1, -0.05) is 43.3 Å². The molecule has 2 atom stereocenters. The fourth-order valence-electron chi connectivity index (χ4n) is 2.38. The van der Waals surface area contributed by atoms with E-state index in [0.29, 0.717) is 0 Å². The van der Waals surface area contributed by atoms with Crippen molar-refractivity contribution < 1.29 is 14.3 Å². The Morgan fingerprint density at radius 3 is 2.62 bits per heavy atom. The Bertz CT molecular complexity index is 451. The molecule has 21 heavy (non-hydrogen) atoms. The Hall–Kier alpha value is -1.90. The first-order valence-electron chi connectivity index (χ1n) is 7.45. The van der Waals surface area contributed by atoms with Crippen LogP contribution in [0.2, 0.25) is 0 Å². The van der Waals surface area contributed by atoms with Gasteiger partial charge in [0.05, 0.1) is 0 Å². The number of allylic oxidation sites excluding steroid dienone is 2. The van der Waals surface area contributed by atoms with Gasteiger partial charge in [0.1, 0.15) is 12.4 Å². The molecule has 0 amide bonds. The lowest BCUT2D eigenvalue weighted by atomic mass is 9.92. The number of rotatable bonds is 9. The number of hydrogen-bond donors (Lipinski definition) is 0. The second-order valence-corrected chi connectivity index (χ2v) is 5.31. The van der Waals surface area contributed by atoms with Gasteiger partial charge in [-0.15, -0.1) is 0 Å². The maximum Gasteiger partial charge on any atom is 0.302 e. The highest BCUT2D eigenvalue weighted by molar-refractivity contribution is 5.66. The average molecular weight is 288 g/mol. The van der Waals surface area contributed by atoms with Crippen LogP contribution in [0.1, 0.15) is 38.7 Å². The Labute approximate surface area is 127 Å². The van der Waals surface area contributed by atoms with E-state index in [9.17, 15) is 9.59 Å². The van der Waals surface area contributed by atoms with Gasteiger partial charge in [-0.3, -0.25) is 9.59 Å². The molecule has 1 rings (SSSR count). The quantitative estimate of drug-likeness (QED) is 0.301. The number of ether oxygens (including phenoxy) is 1. The molecule has 0 aliphatic carbocycles. The second-order valence-electron chi connectivity index (χ2n) is 5.31. The van der Waals surface area contributed by atoms with E-state index in [1.54, 1.807) is 0 Å². The van der Waals surface area contributed by atoms with Crippen LogP contribution in [0, 0.1) is 5.92 Å². The number of aldehydes is 1. The highest BCUT2D eigenvalue weighted by Gasteiger charge is 2.20. The summed E-state index contributed by atoms with van der Waals surface area (Å²) < 4.78 is 5.46. The van der Waals surface area contributed by atoms with E-state index in [1.165, 1.54) is 18.6 Å². The first kappa shape index (κ1) is 17.2. The van der Waals surface area contributed by atoms with Crippen molar-refractivity contribution in [3.8, 4) is 0 Å². The number of benzene rings is 1. The Morgan fingerprint density at radius 1 is 1.29 bits per heavy atom. The van der Waals surface area contributed by atoms with Crippen LogP contribution in [-0.2, 0) is 20.7 Å². The van der Waals surface area contributed by atoms with Gasteiger partial charge in [-0.25, -0.2) is 0 Å². The molecule has 3 nitrogen and oxygen atoms in total. The van der Waals surface area contributed by atoms with Crippen LogP contribution < -0.4 is 0 Å². The van der Waals surface area contributed by atoms with Gasteiger partial charge in [-0.05, 0) is 43.2 Å². The number of esters is 1. The van der Waals surface area contributed by atoms with Crippen LogP contribution in [0.25, 0.3) is 0 Å². The minimum absolute atomic E-state index is 0.0765. The fraction of sp³-hybridized carbons (Fsp3) is 0.444. The zero-order valence-electron chi connectivity index (χ0n) is 12.8. The zero-order chi connectivity index (χ0) is 15.5. The van der Waals surface area contributed by atoms with Crippen molar-refractivity contribution in [2.24, 2.45) is 5.92 Å². The molecule has 0 bridgehead atoms. The molecule has 0 spiro atoms. The van der Waals surface area contributed by atoms with Crippen molar-refractivity contribution in [3.63, 3.8) is 0 Å². The number of carbonyl (C=O) groups excluding carboxylic acids is 2. The number of unbranched alkanes of at least 4 members (excludes halogenated alkanes) is 1. The maximum absolute atomic E-state index is 11.3. The van der Waals surface area contributed by atoms with E-state index in [4.69, 9.17) is 4.74 Å². The molecule has 1 aromatic rings. The third kappa shape index (κ3) is 7.45. The normalized spacial score (nSPS) is 13.8. The van der Waals surface area contributed by atoms with Crippen molar-refractivity contribution >= 4 is 12.3 Å². The lowest BCUT2D eigenvalue weighted by Crippen LogP contribution is -2.25. The van der Waals surface area contributed by atoms with Gasteiger partial charge in [-0.2, -0.15) is 0 Å². The SMILES string of the molecule is CC(=O)O[C@H](CCCC=CC=O)[C@H](C)Cc1ccccc1. The molecule has 0 unspecified atom stereocenters. The Kier molecular flexibility index (Phi) is 8.10. The van der Waals surface area contributed by atoms with Crippen molar-refractivity contribution in [1.29, 1.82) is 0 Å². The average Bonchev–Trinajstić information content (AvgIpc) is 2.46. The lowest BCUT2D eigenvalue weighted by Gasteiger charge is -2.23. The molecule has 0 aliphatic heterocycles. The summed E-state index contributed by atoms with van der Waals surface area (Å²) in [5.41, 5.74) is 1.25. The van der Waals surface area contributed by atoms with Crippen molar-refractivity contribution in [2.75, 3.05) is 0 Å². The molecule has 0 saturated carbocycles. The summed E-state index contributed by atoms with van der Waals surface area (Å²) in [6, 6.07) is 10.2. The van der Waals surface area contributed by atoms with E-state index in [0.717, 1.165) is 32.0 Å². The summed E-state index contributed by atoms with van der Waals surface area (Å²) in [5.74, 6) is 0.0368. The molecule has 0 heterocycles. The Balaban J connectivity index is 2.52. The molecule has 0 aliphatic rings. The molecule has 114 valence electrons. The highest BCUT2D eigenvalue weighted by Crippen LogP contribution is 2.19. The number of hydrogen-bond acceptors (Lipinski definition) is 3. The minimum atomic E-state index is -0.233. The van der Waals surface area contributed by atoms with E-state index in [-0.39, 0.29) is 18.0 Å². The van der Waals surface area contributed by atoms with Crippen LogP contribution in [-0.4, -0.2) is 18.4 Å². The molecule has 0 N–H and O–H groups in total. The smallest absolute Gasteiger partial charge is 0.302 e. The van der Waals surface area contributed by atoms with Crippen LogP contribution >= 0.6 is 0 Å². The van der Waals surface area contributed by atoms with E-state index < -0.39 is 0 Å². The molecular weight excluding hydrogens is 264 g/mol. The van der Waals surface area contributed by atoms with Crippen LogP contribution in [0.15, 0.2) is 42.5 Å². The minimum Gasteiger partial charge on any atom is -0.462 e. The second kappa shape index (κ2) is 9.92. The van der Waals surface area contributed by atoms with Crippen molar-refractivity contribution in [2.45, 2.75) is 45.6 Å². The van der Waals surface area contributed by atoms with E-state index in [1.807, 2.05) is 24.3 Å². The monoisotopic (exact) mass is 288 g/mol. The van der Waals surface area contributed by atoms with E-state index >= 15 is 0 Å². The predicted octanol–water partition coefficient (Wildman–Crippen LogP) is 3.72. The van der Waals surface area contributed by atoms with Gasteiger partial charge in [0.15, 0.2) is 0 Å². The summed E-state index contributed by atoms with van der Waals surface area (Å²) in [5, 5.41) is 0. The van der Waals surface area contributed by atoms with Gasteiger partial charge < -0.3 is 4.74 Å². The summed E-state index contributed by atoms with van der Waals surface area (Å²) in [6.45, 7) is 3.57. The van der Waals surface area contributed by atoms with Gasteiger partial charge in [0.25, 0.3) is 0 Å². The van der Waals surface area contributed by atoms with Gasteiger partial charge >= 0.3 is 5.97 Å². The third-order valence-electron chi connectivity index (χ3n) is 3.43. The van der Waals surface area contributed by atoms with Crippen molar-refractivity contribution in [1.82, 2.24) is 0 Å². The summed E-state index contributed by atoms with van der Waals surface area (Å²) in [6.07, 6.45) is 7.50. The molecule has 0 fully saturated rings. The molecule has 1 aromatic carbocycles. The summed E-state index contributed by atoms with van der Waals surface area (Å²) in [7, 11) is 0. The zero-order valence-corrected chi connectivity index (χ0v) is 12.8. The molecule has 0 aromatic heterocycles. The first-order chi connectivity index (χ1) is 10.1. The fourth-order valence-corrected chi connectivity index (χ4v) is 2.38. The predicted molar refractivity (Wildman–Crippen MR) is 83.9 cm³/mol. The third-order valence-corrected chi connectivity index (χ3v) is 3.43. The largest absolute Gasteiger partial charge is 0.462 e. The molecule has 0 radical (unpaired) electrons.